The fraction of sp³-hybridized carbons (Fsp3) is 0.533. The molecule has 2 aliphatic rings. The molecule has 0 bridgehead atoms. The first-order chi connectivity index (χ1) is 11.9. The Morgan fingerprint density at radius 1 is 1.20 bits per heavy atom. The predicted octanol–water partition coefficient (Wildman–Crippen LogP) is 2.22. The second-order valence-corrected chi connectivity index (χ2v) is 9.93. The number of hydrogen-bond donors (Lipinski definition) is 0. The Bertz CT molecular complexity index is 755. The number of non-ortho nitro benzene ring substituents is 1. The molecule has 7 nitrogen and oxygen atoms in total. The van der Waals surface area contributed by atoms with Crippen LogP contribution in [0.15, 0.2) is 24.3 Å². The van der Waals surface area contributed by atoms with Gasteiger partial charge in [0.1, 0.15) is 4.32 Å². The molecule has 0 unspecified atom stereocenters. The molecule has 1 heterocycles. The molecule has 10 heteroatoms. The highest BCUT2D eigenvalue weighted by atomic mass is 32.2. The van der Waals surface area contributed by atoms with E-state index in [1.165, 1.54) is 23.9 Å². The van der Waals surface area contributed by atoms with E-state index < -0.39 is 14.9 Å². The average molecular weight is 402 g/mol. The van der Waals surface area contributed by atoms with Crippen LogP contribution in [0.5, 0.6) is 0 Å². The monoisotopic (exact) mass is 401 g/mol. The van der Waals surface area contributed by atoms with Gasteiger partial charge in [-0.25, -0.2) is 8.42 Å². The molecule has 0 N–H and O–H groups in total. The van der Waals surface area contributed by atoms with Gasteiger partial charge in [-0.2, -0.15) is 4.31 Å². The van der Waals surface area contributed by atoms with E-state index in [2.05, 4.69) is 0 Å². The minimum atomic E-state index is -3.10. The van der Waals surface area contributed by atoms with Gasteiger partial charge in [-0.05, 0) is 18.4 Å². The molecular weight excluding hydrogens is 382 g/mol. The van der Waals surface area contributed by atoms with E-state index in [0.29, 0.717) is 31.9 Å². The van der Waals surface area contributed by atoms with Crippen LogP contribution in [0.2, 0.25) is 0 Å². The first-order valence-corrected chi connectivity index (χ1v) is 10.9. The minimum absolute atomic E-state index is 0.0734. The van der Waals surface area contributed by atoms with Crippen molar-refractivity contribution in [3.63, 3.8) is 0 Å². The number of sulfonamides is 1. The van der Waals surface area contributed by atoms with Gasteiger partial charge in [0.15, 0.2) is 0 Å². The molecule has 1 saturated heterocycles. The Morgan fingerprint density at radius 3 is 2.32 bits per heavy atom. The van der Waals surface area contributed by atoms with Crippen LogP contribution in [0.4, 0.5) is 5.69 Å². The lowest BCUT2D eigenvalue weighted by molar-refractivity contribution is -0.384. The van der Waals surface area contributed by atoms with Gasteiger partial charge >= 0.3 is 0 Å². The van der Waals surface area contributed by atoms with Gasteiger partial charge in [0.2, 0.25) is 10.0 Å². The highest BCUT2D eigenvalue weighted by Crippen LogP contribution is 2.31. The molecule has 0 amide bonds. The first kappa shape index (κ1) is 18.6. The van der Waals surface area contributed by atoms with E-state index in [9.17, 15) is 18.5 Å². The molecule has 1 aliphatic carbocycles. The number of nitro benzene ring substituents is 1. The molecule has 136 valence electrons. The van der Waals surface area contributed by atoms with Crippen molar-refractivity contribution >= 4 is 44.0 Å². The number of piperazine rings is 1. The third-order valence-corrected chi connectivity index (χ3v) is 8.31. The van der Waals surface area contributed by atoms with Gasteiger partial charge in [-0.1, -0.05) is 36.1 Å². The van der Waals surface area contributed by atoms with Gasteiger partial charge in [0, 0.05) is 44.1 Å². The molecule has 25 heavy (non-hydrogen) atoms. The van der Waals surface area contributed by atoms with Crippen molar-refractivity contribution in [3.05, 3.63) is 39.9 Å². The second kappa shape index (κ2) is 7.56. The quantitative estimate of drug-likeness (QED) is 0.425. The summed E-state index contributed by atoms with van der Waals surface area (Å²) in [6.07, 6.45) is 1.57. The second-order valence-electron chi connectivity index (χ2n) is 6.11. The van der Waals surface area contributed by atoms with Gasteiger partial charge < -0.3 is 4.90 Å². The van der Waals surface area contributed by atoms with Crippen LogP contribution in [0.25, 0.3) is 0 Å². The molecule has 1 aromatic rings. The predicted molar refractivity (Wildman–Crippen MR) is 102 cm³/mol. The molecule has 0 spiro atoms. The molecule has 1 aromatic carbocycles. The maximum Gasteiger partial charge on any atom is 0.269 e. The van der Waals surface area contributed by atoms with E-state index in [1.807, 2.05) is 4.90 Å². The van der Waals surface area contributed by atoms with Gasteiger partial charge in [0.05, 0.1) is 10.2 Å². The largest absolute Gasteiger partial charge is 0.355 e. The Hall–Kier alpha value is -1.23. The summed E-state index contributed by atoms with van der Waals surface area (Å²) < 4.78 is 26.8. The van der Waals surface area contributed by atoms with Crippen molar-refractivity contribution in [1.29, 1.82) is 0 Å². The molecule has 0 aromatic heterocycles. The normalized spacial score (nSPS) is 19.0. The summed E-state index contributed by atoms with van der Waals surface area (Å²) in [7, 11) is -3.10. The zero-order valence-electron chi connectivity index (χ0n) is 13.5. The topological polar surface area (TPSA) is 83.8 Å². The van der Waals surface area contributed by atoms with Crippen LogP contribution in [-0.4, -0.2) is 58.3 Å². The zero-order chi connectivity index (χ0) is 18.0. The maximum atomic E-state index is 12.2. The van der Waals surface area contributed by atoms with Crippen LogP contribution in [0.1, 0.15) is 18.4 Å². The van der Waals surface area contributed by atoms with Crippen molar-refractivity contribution in [2.45, 2.75) is 23.8 Å². The molecule has 3 rings (SSSR count). The third kappa shape index (κ3) is 4.49. The number of rotatable bonds is 5. The fourth-order valence-corrected chi connectivity index (χ4v) is 5.68. The molecular formula is C15H19N3O4S3. The smallest absolute Gasteiger partial charge is 0.269 e. The zero-order valence-corrected chi connectivity index (χ0v) is 16.0. The average Bonchev–Trinajstić information content (AvgIpc) is 3.46. The van der Waals surface area contributed by atoms with E-state index in [-0.39, 0.29) is 10.9 Å². The Labute approximate surface area is 156 Å². The van der Waals surface area contributed by atoms with Crippen molar-refractivity contribution in [2.75, 3.05) is 26.2 Å². The summed E-state index contributed by atoms with van der Waals surface area (Å²) >= 11 is 6.95. The standard InChI is InChI=1S/C15H19N3O4S3/c19-18(20)13-3-1-12(2-4-13)11-24-15(23)16-7-9-17(10-8-16)25(21,22)14-5-6-14/h1-4,14H,5-11H2. The summed E-state index contributed by atoms with van der Waals surface area (Å²) in [5.74, 6) is 0.636. The maximum absolute atomic E-state index is 12.2. The molecule has 1 aliphatic heterocycles. The highest BCUT2D eigenvalue weighted by Gasteiger charge is 2.41. The van der Waals surface area contributed by atoms with Crippen LogP contribution in [0.3, 0.4) is 0 Å². The number of thioether (sulfide) groups is 1. The Morgan fingerprint density at radius 2 is 1.80 bits per heavy atom. The number of nitro groups is 1. The lowest BCUT2D eigenvalue weighted by Crippen LogP contribution is -2.50. The third-order valence-electron chi connectivity index (χ3n) is 4.31. The molecule has 0 atom stereocenters. The van der Waals surface area contributed by atoms with E-state index in [4.69, 9.17) is 12.2 Å². The molecule has 1 saturated carbocycles. The fourth-order valence-electron chi connectivity index (χ4n) is 2.65. The van der Waals surface area contributed by atoms with Crippen molar-refractivity contribution in [3.8, 4) is 0 Å². The number of thiocarbonyl (C=S) groups is 1. The summed E-state index contributed by atoms with van der Waals surface area (Å²) in [6, 6.07) is 6.43. The Balaban J connectivity index is 1.47. The number of benzene rings is 1. The highest BCUT2D eigenvalue weighted by molar-refractivity contribution is 8.22. The summed E-state index contributed by atoms with van der Waals surface area (Å²) in [5, 5.41) is 10.5. The first-order valence-electron chi connectivity index (χ1n) is 8.02. The van der Waals surface area contributed by atoms with Crippen LogP contribution in [0, 0.1) is 10.1 Å². The summed E-state index contributed by atoms with van der Waals surface area (Å²) in [6.45, 7) is 2.18. The van der Waals surface area contributed by atoms with E-state index in [0.717, 1.165) is 22.7 Å². The lowest BCUT2D eigenvalue weighted by atomic mass is 10.2. The van der Waals surface area contributed by atoms with Crippen molar-refractivity contribution in [1.82, 2.24) is 9.21 Å². The van der Waals surface area contributed by atoms with Crippen LogP contribution >= 0.6 is 24.0 Å². The van der Waals surface area contributed by atoms with Gasteiger partial charge in [-0.3, -0.25) is 10.1 Å². The van der Waals surface area contributed by atoms with Gasteiger partial charge in [-0.15, -0.1) is 0 Å². The molecule has 0 radical (unpaired) electrons. The lowest BCUT2D eigenvalue weighted by Gasteiger charge is -2.35. The van der Waals surface area contributed by atoms with Gasteiger partial charge in [0.25, 0.3) is 5.69 Å². The summed E-state index contributed by atoms with van der Waals surface area (Å²) in [5.41, 5.74) is 1.04. The minimum Gasteiger partial charge on any atom is -0.355 e. The van der Waals surface area contributed by atoms with Crippen molar-refractivity contribution < 1.29 is 13.3 Å². The number of nitrogens with zero attached hydrogens (tertiary/aromatic N) is 3. The van der Waals surface area contributed by atoms with Crippen LogP contribution in [-0.2, 0) is 15.8 Å². The van der Waals surface area contributed by atoms with Crippen molar-refractivity contribution in [2.24, 2.45) is 0 Å². The molecule has 2 fully saturated rings. The number of hydrogen-bond acceptors (Lipinski definition) is 6. The van der Waals surface area contributed by atoms with Crippen LogP contribution < -0.4 is 0 Å². The Kier molecular flexibility index (Phi) is 5.62. The van der Waals surface area contributed by atoms with E-state index in [1.54, 1.807) is 16.4 Å². The SMILES string of the molecule is O=[N+]([O-])c1ccc(CSC(=S)N2CCN(S(=O)(=O)C3CC3)CC2)cc1. The van der Waals surface area contributed by atoms with E-state index >= 15 is 0 Å². The summed E-state index contributed by atoms with van der Waals surface area (Å²) in [4.78, 5) is 12.3.